The van der Waals surface area contributed by atoms with Crippen LogP contribution >= 0.6 is 0 Å². The minimum atomic E-state index is -3.42. The molecule has 18 heavy (non-hydrogen) atoms. The summed E-state index contributed by atoms with van der Waals surface area (Å²) in [5, 5.41) is 0. The lowest BCUT2D eigenvalue weighted by atomic mass is 10.2. The van der Waals surface area contributed by atoms with Gasteiger partial charge in [-0.2, -0.15) is 0 Å². The molecule has 5 heteroatoms. The number of benzene rings is 1. The van der Waals surface area contributed by atoms with Gasteiger partial charge < -0.3 is 9.47 Å². The van der Waals surface area contributed by atoms with Gasteiger partial charge in [0.15, 0.2) is 0 Å². The SMILES string of the molecule is O=S(=O)(C1=CC[C@@H]2O[C@@H]2[C@H]2O[C@@H]12)c1ccccc1. The van der Waals surface area contributed by atoms with Crippen molar-refractivity contribution in [1.82, 2.24) is 0 Å². The van der Waals surface area contributed by atoms with Crippen LogP contribution in [0.1, 0.15) is 6.42 Å². The van der Waals surface area contributed by atoms with E-state index in [1.807, 2.05) is 0 Å². The van der Waals surface area contributed by atoms with Gasteiger partial charge in [-0.25, -0.2) is 8.42 Å². The lowest BCUT2D eigenvalue weighted by Crippen LogP contribution is -2.12. The van der Waals surface area contributed by atoms with Crippen LogP contribution in [0.25, 0.3) is 0 Å². The van der Waals surface area contributed by atoms with E-state index >= 15 is 0 Å². The third kappa shape index (κ3) is 1.48. The van der Waals surface area contributed by atoms with Crippen molar-refractivity contribution in [2.45, 2.75) is 35.7 Å². The first-order chi connectivity index (χ1) is 8.68. The Morgan fingerprint density at radius 2 is 1.83 bits per heavy atom. The van der Waals surface area contributed by atoms with Gasteiger partial charge in [0, 0.05) is 0 Å². The first-order valence-electron chi connectivity index (χ1n) is 5.99. The largest absolute Gasteiger partial charge is 0.366 e. The number of rotatable bonds is 2. The van der Waals surface area contributed by atoms with Crippen molar-refractivity contribution in [3.05, 3.63) is 41.3 Å². The Bertz CT molecular complexity index is 620. The molecule has 1 aromatic carbocycles. The van der Waals surface area contributed by atoms with Gasteiger partial charge in [-0.1, -0.05) is 24.3 Å². The Morgan fingerprint density at radius 1 is 1.06 bits per heavy atom. The predicted molar refractivity (Wildman–Crippen MR) is 63.6 cm³/mol. The van der Waals surface area contributed by atoms with E-state index in [0.717, 1.165) is 0 Å². The highest BCUT2D eigenvalue weighted by Crippen LogP contribution is 2.48. The third-order valence-corrected chi connectivity index (χ3v) is 5.58. The predicted octanol–water partition coefficient (Wildman–Crippen LogP) is 1.28. The minimum absolute atomic E-state index is 0.0535. The van der Waals surface area contributed by atoms with E-state index in [2.05, 4.69) is 0 Å². The van der Waals surface area contributed by atoms with Crippen LogP contribution < -0.4 is 0 Å². The Labute approximate surface area is 105 Å². The first-order valence-corrected chi connectivity index (χ1v) is 7.47. The fourth-order valence-electron chi connectivity index (χ4n) is 2.58. The maximum Gasteiger partial charge on any atom is 0.205 e. The standard InChI is InChI=1S/C13H12O4S/c14-18(15,8-4-2-1-3-5-8)10-7-6-9-11(16-9)13-12(10)17-13/h1-5,7,9,11-13H,6H2/t9-,11-,12-,13+/m0/s1. The molecule has 0 unspecified atom stereocenters. The fraction of sp³-hybridized carbons (Fsp3) is 0.385. The highest BCUT2D eigenvalue weighted by atomic mass is 32.2. The number of epoxide rings is 2. The van der Waals surface area contributed by atoms with Gasteiger partial charge in [0.1, 0.15) is 18.3 Å². The molecular formula is C13H12O4S. The summed E-state index contributed by atoms with van der Waals surface area (Å²) in [6, 6.07) is 8.51. The molecule has 0 aromatic heterocycles. The Morgan fingerprint density at radius 3 is 2.61 bits per heavy atom. The number of fused-ring (bicyclic) bond motifs is 3. The van der Waals surface area contributed by atoms with Gasteiger partial charge >= 0.3 is 0 Å². The molecule has 2 aliphatic heterocycles. The van der Waals surface area contributed by atoms with Gasteiger partial charge in [-0.15, -0.1) is 0 Å². The van der Waals surface area contributed by atoms with Gasteiger partial charge in [-0.3, -0.25) is 0 Å². The lowest BCUT2D eigenvalue weighted by Gasteiger charge is -2.06. The molecule has 1 aliphatic carbocycles. The highest BCUT2D eigenvalue weighted by molar-refractivity contribution is 7.95. The molecule has 3 aliphatic rings. The van der Waals surface area contributed by atoms with Crippen LogP contribution in [0.3, 0.4) is 0 Å². The molecule has 0 saturated carbocycles. The molecule has 0 spiro atoms. The summed E-state index contributed by atoms with van der Waals surface area (Å²) >= 11 is 0. The molecule has 2 fully saturated rings. The van der Waals surface area contributed by atoms with Crippen molar-refractivity contribution >= 4 is 9.84 Å². The molecule has 0 radical (unpaired) electrons. The van der Waals surface area contributed by atoms with Crippen LogP contribution in [-0.2, 0) is 19.3 Å². The van der Waals surface area contributed by atoms with Crippen LogP contribution in [0.2, 0.25) is 0 Å². The zero-order chi connectivity index (χ0) is 12.3. The molecule has 94 valence electrons. The van der Waals surface area contributed by atoms with Gasteiger partial charge in [-0.05, 0) is 18.6 Å². The zero-order valence-electron chi connectivity index (χ0n) is 9.52. The van der Waals surface area contributed by atoms with Crippen molar-refractivity contribution in [2.75, 3.05) is 0 Å². The molecule has 0 bridgehead atoms. The normalized spacial score (nSPS) is 37.0. The van der Waals surface area contributed by atoms with E-state index in [4.69, 9.17) is 9.47 Å². The zero-order valence-corrected chi connectivity index (χ0v) is 10.3. The first kappa shape index (κ1) is 10.7. The van der Waals surface area contributed by atoms with Gasteiger partial charge in [0.25, 0.3) is 0 Å². The second-order valence-electron chi connectivity index (χ2n) is 4.82. The van der Waals surface area contributed by atoms with Crippen molar-refractivity contribution in [1.29, 1.82) is 0 Å². The fourth-order valence-corrected chi connectivity index (χ4v) is 4.18. The van der Waals surface area contributed by atoms with Crippen LogP contribution in [-0.4, -0.2) is 32.8 Å². The molecule has 0 N–H and O–H groups in total. The molecule has 0 amide bonds. The molecule has 2 saturated heterocycles. The summed E-state index contributed by atoms with van der Waals surface area (Å²) in [6.07, 6.45) is 2.35. The van der Waals surface area contributed by atoms with Crippen molar-refractivity contribution in [3.8, 4) is 0 Å². The number of ether oxygens (including phenoxy) is 2. The van der Waals surface area contributed by atoms with Crippen molar-refractivity contribution in [3.63, 3.8) is 0 Å². The summed E-state index contributed by atoms with van der Waals surface area (Å²) in [6.45, 7) is 0. The van der Waals surface area contributed by atoms with E-state index < -0.39 is 9.84 Å². The molecule has 1 aromatic rings. The smallest absolute Gasteiger partial charge is 0.205 e. The number of hydrogen-bond acceptors (Lipinski definition) is 4. The monoisotopic (exact) mass is 264 g/mol. The summed E-state index contributed by atoms with van der Waals surface area (Å²) < 4.78 is 35.9. The average molecular weight is 264 g/mol. The van der Waals surface area contributed by atoms with Crippen molar-refractivity contribution < 1.29 is 17.9 Å². The van der Waals surface area contributed by atoms with Crippen LogP contribution in [0.5, 0.6) is 0 Å². The third-order valence-electron chi connectivity index (χ3n) is 3.67. The van der Waals surface area contributed by atoms with E-state index in [1.54, 1.807) is 36.4 Å². The summed E-state index contributed by atoms with van der Waals surface area (Å²) in [5.74, 6) is 0. The quantitative estimate of drug-likeness (QED) is 0.755. The topological polar surface area (TPSA) is 59.2 Å². The van der Waals surface area contributed by atoms with Crippen LogP contribution in [0.4, 0.5) is 0 Å². The molecular weight excluding hydrogens is 252 g/mol. The second kappa shape index (κ2) is 3.44. The second-order valence-corrected chi connectivity index (χ2v) is 6.77. The summed E-state index contributed by atoms with van der Waals surface area (Å²) in [4.78, 5) is 0.747. The number of hydrogen-bond donors (Lipinski definition) is 0. The molecule has 4 atom stereocenters. The van der Waals surface area contributed by atoms with Crippen LogP contribution in [0.15, 0.2) is 46.2 Å². The highest BCUT2D eigenvalue weighted by Gasteiger charge is 2.61. The van der Waals surface area contributed by atoms with E-state index in [-0.39, 0.29) is 24.4 Å². The number of sulfone groups is 1. The van der Waals surface area contributed by atoms with Crippen molar-refractivity contribution in [2.24, 2.45) is 0 Å². The Balaban J connectivity index is 1.75. The van der Waals surface area contributed by atoms with E-state index in [1.165, 1.54) is 0 Å². The van der Waals surface area contributed by atoms with Crippen LogP contribution in [0, 0.1) is 0 Å². The van der Waals surface area contributed by atoms with Gasteiger partial charge in [0.2, 0.25) is 9.84 Å². The molecule has 4 nitrogen and oxygen atoms in total. The minimum Gasteiger partial charge on any atom is -0.366 e. The summed E-state index contributed by atoms with van der Waals surface area (Å²) in [7, 11) is -3.42. The Kier molecular flexibility index (Phi) is 2.05. The van der Waals surface area contributed by atoms with E-state index in [0.29, 0.717) is 16.2 Å². The lowest BCUT2D eigenvalue weighted by molar-refractivity contribution is 0.313. The average Bonchev–Trinajstić information content (AvgIpc) is 3.21. The summed E-state index contributed by atoms with van der Waals surface area (Å²) in [5.41, 5.74) is 0. The maximum absolute atomic E-state index is 12.5. The van der Waals surface area contributed by atoms with Gasteiger partial charge in [0.05, 0.1) is 15.9 Å². The van der Waals surface area contributed by atoms with E-state index in [9.17, 15) is 8.42 Å². The maximum atomic E-state index is 12.5. The Hall–Kier alpha value is -1.17. The molecule has 4 rings (SSSR count). The molecule has 2 heterocycles.